The van der Waals surface area contributed by atoms with Crippen LogP contribution in [0.15, 0.2) is 48.0 Å². The molecule has 7 nitrogen and oxygen atoms in total. The fraction of sp³-hybridized carbons (Fsp3) is 0.105. The highest BCUT2D eigenvalue weighted by molar-refractivity contribution is 6.39. The number of amides is 4. The maximum Gasteiger partial charge on any atom is 0.335 e. The van der Waals surface area contributed by atoms with Gasteiger partial charge in [0.05, 0.1) is 19.9 Å². The van der Waals surface area contributed by atoms with E-state index in [1.165, 1.54) is 32.4 Å². The Bertz CT molecular complexity index is 953. The predicted octanol–water partition coefficient (Wildman–Crippen LogP) is 3.02. The average Bonchev–Trinajstić information content (AvgIpc) is 2.66. The number of rotatable bonds is 4. The number of imide groups is 2. The molecule has 0 saturated carbocycles. The van der Waals surface area contributed by atoms with E-state index in [0.717, 1.165) is 4.90 Å². The quantitative estimate of drug-likeness (QED) is 0.645. The van der Waals surface area contributed by atoms with E-state index in [2.05, 4.69) is 5.32 Å². The average molecular weight is 387 g/mol. The van der Waals surface area contributed by atoms with E-state index in [9.17, 15) is 14.4 Å². The van der Waals surface area contributed by atoms with Gasteiger partial charge in [0.1, 0.15) is 17.1 Å². The molecule has 27 heavy (non-hydrogen) atoms. The van der Waals surface area contributed by atoms with Gasteiger partial charge in [0.25, 0.3) is 11.8 Å². The molecule has 4 amide bonds. The summed E-state index contributed by atoms with van der Waals surface area (Å²) in [4.78, 5) is 38.1. The molecule has 0 radical (unpaired) electrons. The van der Waals surface area contributed by atoms with E-state index in [-0.39, 0.29) is 5.57 Å². The van der Waals surface area contributed by atoms with Crippen LogP contribution >= 0.6 is 11.6 Å². The summed E-state index contributed by atoms with van der Waals surface area (Å²) in [6.07, 6.45) is 1.37. The van der Waals surface area contributed by atoms with Gasteiger partial charge in [-0.1, -0.05) is 11.6 Å². The van der Waals surface area contributed by atoms with Crippen molar-refractivity contribution >= 4 is 41.2 Å². The fourth-order valence-corrected chi connectivity index (χ4v) is 2.70. The fourth-order valence-electron chi connectivity index (χ4n) is 2.58. The highest BCUT2D eigenvalue weighted by Gasteiger charge is 2.36. The van der Waals surface area contributed by atoms with Crippen LogP contribution in [-0.4, -0.2) is 32.1 Å². The Labute approximate surface area is 160 Å². The van der Waals surface area contributed by atoms with Gasteiger partial charge in [0.2, 0.25) is 0 Å². The number of hydrogen-bond donors (Lipinski definition) is 1. The highest BCUT2D eigenvalue weighted by atomic mass is 35.5. The molecule has 2 aromatic carbocycles. The molecule has 138 valence electrons. The highest BCUT2D eigenvalue weighted by Crippen LogP contribution is 2.28. The minimum atomic E-state index is -0.828. The van der Waals surface area contributed by atoms with Crippen molar-refractivity contribution in [1.82, 2.24) is 5.32 Å². The van der Waals surface area contributed by atoms with E-state index < -0.39 is 17.8 Å². The second-order valence-corrected chi connectivity index (χ2v) is 5.98. The van der Waals surface area contributed by atoms with Crippen LogP contribution < -0.4 is 19.7 Å². The first-order valence-corrected chi connectivity index (χ1v) is 8.21. The largest absolute Gasteiger partial charge is 0.497 e. The molecule has 0 aromatic heterocycles. The Balaban J connectivity index is 2.03. The molecule has 0 bridgehead atoms. The van der Waals surface area contributed by atoms with E-state index in [4.69, 9.17) is 21.1 Å². The van der Waals surface area contributed by atoms with Gasteiger partial charge in [0.15, 0.2) is 0 Å². The number of ether oxygens (including phenoxy) is 2. The molecule has 1 fully saturated rings. The van der Waals surface area contributed by atoms with E-state index in [0.29, 0.717) is 27.8 Å². The Morgan fingerprint density at radius 2 is 1.70 bits per heavy atom. The maximum absolute atomic E-state index is 12.8. The van der Waals surface area contributed by atoms with Crippen molar-refractivity contribution < 1.29 is 23.9 Å². The van der Waals surface area contributed by atoms with Crippen molar-refractivity contribution in [3.63, 3.8) is 0 Å². The van der Waals surface area contributed by atoms with Crippen LogP contribution in [0.25, 0.3) is 6.08 Å². The predicted molar refractivity (Wildman–Crippen MR) is 100.0 cm³/mol. The third-order valence-electron chi connectivity index (χ3n) is 3.93. The Morgan fingerprint density at radius 1 is 1.00 bits per heavy atom. The number of urea groups is 1. The van der Waals surface area contributed by atoms with Crippen molar-refractivity contribution in [3.05, 3.63) is 58.6 Å². The molecule has 0 atom stereocenters. The standard InChI is InChI=1S/C19H15ClN2O5/c1-26-14-8-3-11(16(10-14)27-2)9-15-17(23)21-19(25)22(18(15)24)13-6-4-12(20)5-7-13/h3-10H,1-2H3,(H,21,23,25)/b15-9+. The van der Waals surface area contributed by atoms with Crippen molar-refractivity contribution in [2.75, 3.05) is 19.1 Å². The molecule has 0 aliphatic carbocycles. The normalized spacial score (nSPS) is 15.7. The summed E-state index contributed by atoms with van der Waals surface area (Å²) in [5, 5.41) is 2.62. The maximum atomic E-state index is 12.8. The van der Waals surface area contributed by atoms with Gasteiger partial charge in [-0.05, 0) is 42.5 Å². The van der Waals surface area contributed by atoms with E-state index >= 15 is 0 Å². The number of benzene rings is 2. The number of hydrogen-bond acceptors (Lipinski definition) is 5. The lowest BCUT2D eigenvalue weighted by Crippen LogP contribution is -2.54. The van der Waals surface area contributed by atoms with Crippen LogP contribution in [0.4, 0.5) is 10.5 Å². The van der Waals surface area contributed by atoms with Crippen LogP contribution in [0.2, 0.25) is 5.02 Å². The number of anilines is 1. The summed E-state index contributed by atoms with van der Waals surface area (Å²) in [5.74, 6) is -0.555. The van der Waals surface area contributed by atoms with E-state index in [1.54, 1.807) is 30.3 Å². The van der Waals surface area contributed by atoms with Crippen LogP contribution in [0.3, 0.4) is 0 Å². The lowest BCUT2D eigenvalue weighted by Gasteiger charge is -2.26. The van der Waals surface area contributed by atoms with Crippen molar-refractivity contribution in [2.24, 2.45) is 0 Å². The van der Waals surface area contributed by atoms with Crippen LogP contribution in [0, 0.1) is 0 Å². The van der Waals surface area contributed by atoms with Gasteiger partial charge in [-0.15, -0.1) is 0 Å². The lowest BCUT2D eigenvalue weighted by atomic mass is 10.1. The molecule has 0 unspecified atom stereocenters. The molecule has 2 aromatic rings. The molecule has 1 N–H and O–H groups in total. The second kappa shape index (κ2) is 7.51. The van der Waals surface area contributed by atoms with Gasteiger partial charge >= 0.3 is 6.03 Å². The van der Waals surface area contributed by atoms with Gasteiger partial charge in [0, 0.05) is 16.7 Å². The first-order chi connectivity index (χ1) is 12.9. The smallest absolute Gasteiger partial charge is 0.335 e. The van der Waals surface area contributed by atoms with E-state index in [1.807, 2.05) is 0 Å². The molecule has 8 heteroatoms. The topological polar surface area (TPSA) is 84.9 Å². The van der Waals surface area contributed by atoms with Crippen LogP contribution in [-0.2, 0) is 9.59 Å². The Hall–Kier alpha value is -3.32. The summed E-state index contributed by atoms with van der Waals surface area (Å²) in [5.41, 5.74) is 0.581. The van der Waals surface area contributed by atoms with Crippen LogP contribution in [0.1, 0.15) is 5.56 Å². The molecule has 3 rings (SSSR count). The molecular formula is C19H15ClN2O5. The number of carbonyl (C=O) groups is 3. The second-order valence-electron chi connectivity index (χ2n) is 5.54. The molecule has 1 saturated heterocycles. The third kappa shape index (κ3) is 3.63. The molecule has 1 aliphatic rings. The molecule has 0 spiro atoms. The number of nitrogens with zero attached hydrogens (tertiary/aromatic N) is 1. The summed E-state index contributed by atoms with van der Waals surface area (Å²) in [6, 6.07) is 10.2. The SMILES string of the molecule is COc1ccc(/C=C2\C(=O)NC(=O)N(c3ccc(Cl)cc3)C2=O)c(OC)c1. The third-order valence-corrected chi connectivity index (χ3v) is 4.18. The van der Waals surface area contributed by atoms with Crippen LogP contribution in [0.5, 0.6) is 11.5 Å². The summed E-state index contributed by atoms with van der Waals surface area (Å²) < 4.78 is 10.4. The van der Waals surface area contributed by atoms with Gasteiger partial charge < -0.3 is 9.47 Å². The molecular weight excluding hydrogens is 372 g/mol. The minimum Gasteiger partial charge on any atom is -0.497 e. The van der Waals surface area contributed by atoms with Crippen molar-refractivity contribution in [3.8, 4) is 11.5 Å². The van der Waals surface area contributed by atoms with Gasteiger partial charge in [-0.25, -0.2) is 9.69 Å². The monoisotopic (exact) mass is 386 g/mol. The summed E-state index contributed by atoms with van der Waals surface area (Å²) in [7, 11) is 2.98. The molecule has 1 heterocycles. The van der Waals surface area contributed by atoms with Gasteiger partial charge in [-0.2, -0.15) is 0 Å². The number of carbonyl (C=O) groups excluding carboxylic acids is 3. The lowest BCUT2D eigenvalue weighted by molar-refractivity contribution is -0.122. The molecule has 1 aliphatic heterocycles. The number of barbiturate groups is 1. The first kappa shape index (κ1) is 18.5. The Morgan fingerprint density at radius 3 is 2.33 bits per heavy atom. The van der Waals surface area contributed by atoms with Crippen molar-refractivity contribution in [2.45, 2.75) is 0 Å². The zero-order valence-electron chi connectivity index (χ0n) is 14.5. The number of halogens is 1. The van der Waals surface area contributed by atoms with Crippen molar-refractivity contribution in [1.29, 1.82) is 0 Å². The number of nitrogens with one attached hydrogen (secondary N) is 1. The first-order valence-electron chi connectivity index (χ1n) is 7.83. The van der Waals surface area contributed by atoms with Gasteiger partial charge in [-0.3, -0.25) is 14.9 Å². The summed E-state index contributed by atoms with van der Waals surface area (Å²) in [6.45, 7) is 0. The number of methoxy groups -OCH3 is 2. The zero-order chi connectivity index (χ0) is 19.6. The minimum absolute atomic E-state index is 0.201. The Kier molecular flexibility index (Phi) is 5.14. The zero-order valence-corrected chi connectivity index (χ0v) is 15.2. The summed E-state index contributed by atoms with van der Waals surface area (Å²) >= 11 is 5.85.